The Kier molecular flexibility index (Phi) is 5.03. The number of benzene rings is 1. The average molecular weight is 285 g/mol. The maximum Gasteiger partial charge on any atom is 0.254 e. The van der Waals surface area contributed by atoms with Gasteiger partial charge in [-0.2, -0.15) is 0 Å². The molecule has 2 rings (SSSR count). The SMILES string of the molecule is Cc1ccc(C(=O)N2CCC(C)CC2C)cc1C#CCO. The van der Waals surface area contributed by atoms with E-state index in [9.17, 15) is 4.79 Å². The molecule has 1 heterocycles. The van der Waals surface area contributed by atoms with Crippen LogP contribution in [0.2, 0.25) is 0 Å². The van der Waals surface area contributed by atoms with Crippen molar-refractivity contribution in [3.05, 3.63) is 34.9 Å². The monoisotopic (exact) mass is 285 g/mol. The number of likely N-dealkylation sites (tertiary alicyclic amines) is 1. The molecule has 3 heteroatoms. The summed E-state index contributed by atoms with van der Waals surface area (Å²) >= 11 is 0. The van der Waals surface area contributed by atoms with Crippen LogP contribution in [0, 0.1) is 24.7 Å². The molecule has 1 aliphatic heterocycles. The van der Waals surface area contributed by atoms with Crippen LogP contribution < -0.4 is 0 Å². The highest BCUT2D eigenvalue weighted by Crippen LogP contribution is 2.24. The molecule has 1 fully saturated rings. The van der Waals surface area contributed by atoms with Gasteiger partial charge in [0.25, 0.3) is 5.91 Å². The molecule has 1 amide bonds. The third kappa shape index (κ3) is 3.65. The molecule has 1 aromatic rings. The highest BCUT2D eigenvalue weighted by Gasteiger charge is 2.27. The number of amides is 1. The Labute approximate surface area is 127 Å². The summed E-state index contributed by atoms with van der Waals surface area (Å²) in [6, 6.07) is 5.92. The molecule has 2 atom stereocenters. The number of nitrogens with zero attached hydrogens (tertiary/aromatic N) is 1. The molecule has 0 spiro atoms. The first-order chi connectivity index (χ1) is 10.0. The van der Waals surface area contributed by atoms with Crippen molar-refractivity contribution in [2.24, 2.45) is 5.92 Å². The fourth-order valence-electron chi connectivity index (χ4n) is 2.90. The second-order valence-electron chi connectivity index (χ2n) is 5.97. The zero-order valence-electron chi connectivity index (χ0n) is 13.0. The second-order valence-corrected chi connectivity index (χ2v) is 5.97. The van der Waals surface area contributed by atoms with E-state index < -0.39 is 0 Å². The zero-order valence-corrected chi connectivity index (χ0v) is 13.0. The molecule has 21 heavy (non-hydrogen) atoms. The van der Waals surface area contributed by atoms with E-state index in [2.05, 4.69) is 25.7 Å². The van der Waals surface area contributed by atoms with Gasteiger partial charge >= 0.3 is 0 Å². The minimum atomic E-state index is -0.168. The predicted octanol–water partition coefficient (Wildman–Crippen LogP) is 2.60. The molecule has 112 valence electrons. The van der Waals surface area contributed by atoms with Crippen LogP contribution >= 0.6 is 0 Å². The van der Waals surface area contributed by atoms with Crippen molar-refractivity contribution in [1.82, 2.24) is 4.90 Å². The third-order valence-electron chi connectivity index (χ3n) is 4.19. The molecular weight excluding hydrogens is 262 g/mol. The predicted molar refractivity (Wildman–Crippen MR) is 84.0 cm³/mol. The molecule has 0 bridgehead atoms. The van der Waals surface area contributed by atoms with Crippen LogP contribution in [-0.4, -0.2) is 35.1 Å². The average Bonchev–Trinajstić information content (AvgIpc) is 2.46. The zero-order chi connectivity index (χ0) is 15.4. The van der Waals surface area contributed by atoms with Crippen LogP contribution in [-0.2, 0) is 0 Å². The van der Waals surface area contributed by atoms with E-state index in [0.29, 0.717) is 11.5 Å². The second kappa shape index (κ2) is 6.78. The van der Waals surface area contributed by atoms with E-state index >= 15 is 0 Å². The first-order valence-electron chi connectivity index (χ1n) is 7.54. The van der Waals surface area contributed by atoms with Gasteiger partial charge in [0.05, 0.1) is 0 Å². The van der Waals surface area contributed by atoms with Crippen LogP contribution in [0.1, 0.15) is 48.2 Å². The van der Waals surface area contributed by atoms with Crippen molar-refractivity contribution in [3.8, 4) is 11.8 Å². The molecule has 0 radical (unpaired) electrons. The third-order valence-corrected chi connectivity index (χ3v) is 4.19. The Morgan fingerprint density at radius 3 is 2.86 bits per heavy atom. The maximum absolute atomic E-state index is 12.7. The molecule has 0 saturated carbocycles. The van der Waals surface area contributed by atoms with Gasteiger partial charge in [0.1, 0.15) is 6.61 Å². The number of hydrogen-bond donors (Lipinski definition) is 1. The minimum Gasteiger partial charge on any atom is -0.384 e. The van der Waals surface area contributed by atoms with E-state index in [-0.39, 0.29) is 18.6 Å². The van der Waals surface area contributed by atoms with Gasteiger partial charge in [-0.3, -0.25) is 4.79 Å². The summed E-state index contributed by atoms with van der Waals surface area (Å²) < 4.78 is 0. The minimum absolute atomic E-state index is 0.0847. The number of carbonyl (C=O) groups excluding carboxylic acids is 1. The fraction of sp³-hybridized carbons (Fsp3) is 0.500. The molecule has 1 saturated heterocycles. The van der Waals surface area contributed by atoms with Crippen molar-refractivity contribution in [3.63, 3.8) is 0 Å². The first kappa shape index (κ1) is 15.6. The number of rotatable bonds is 1. The molecule has 1 N–H and O–H groups in total. The largest absolute Gasteiger partial charge is 0.384 e. The molecule has 2 unspecified atom stereocenters. The van der Waals surface area contributed by atoms with Crippen LogP contribution in [0.25, 0.3) is 0 Å². The van der Waals surface area contributed by atoms with Crippen LogP contribution in [0.5, 0.6) is 0 Å². The Balaban J connectivity index is 2.23. The summed E-state index contributed by atoms with van der Waals surface area (Å²) in [6.45, 7) is 6.98. The fourth-order valence-corrected chi connectivity index (χ4v) is 2.90. The van der Waals surface area contributed by atoms with Crippen molar-refractivity contribution in [2.75, 3.05) is 13.2 Å². The van der Waals surface area contributed by atoms with Crippen molar-refractivity contribution >= 4 is 5.91 Å². The summed E-state index contributed by atoms with van der Waals surface area (Å²) in [5, 5.41) is 8.81. The lowest BCUT2D eigenvalue weighted by Gasteiger charge is -2.36. The first-order valence-corrected chi connectivity index (χ1v) is 7.54. The number of hydrogen-bond acceptors (Lipinski definition) is 2. The van der Waals surface area contributed by atoms with Gasteiger partial charge in [0.15, 0.2) is 0 Å². The summed E-state index contributed by atoms with van der Waals surface area (Å²) in [4.78, 5) is 14.6. The Morgan fingerprint density at radius 2 is 2.19 bits per heavy atom. The normalized spacial score (nSPS) is 21.6. The highest BCUT2D eigenvalue weighted by atomic mass is 16.2. The van der Waals surface area contributed by atoms with Gasteiger partial charge in [0, 0.05) is 23.7 Å². The van der Waals surface area contributed by atoms with Crippen LogP contribution in [0.15, 0.2) is 18.2 Å². The molecule has 0 aliphatic carbocycles. The number of aliphatic hydroxyl groups is 1. The molecular formula is C18H23NO2. The van der Waals surface area contributed by atoms with Crippen molar-refractivity contribution in [2.45, 2.75) is 39.7 Å². The van der Waals surface area contributed by atoms with Gasteiger partial charge in [-0.15, -0.1) is 0 Å². The van der Waals surface area contributed by atoms with Gasteiger partial charge < -0.3 is 10.0 Å². The molecule has 3 nitrogen and oxygen atoms in total. The van der Waals surface area contributed by atoms with Crippen LogP contribution in [0.4, 0.5) is 0 Å². The lowest BCUT2D eigenvalue weighted by Crippen LogP contribution is -2.44. The lowest BCUT2D eigenvalue weighted by atomic mass is 9.92. The Morgan fingerprint density at radius 1 is 1.43 bits per heavy atom. The topological polar surface area (TPSA) is 40.5 Å². The van der Waals surface area contributed by atoms with Crippen molar-refractivity contribution in [1.29, 1.82) is 0 Å². The van der Waals surface area contributed by atoms with Gasteiger partial charge in [0.2, 0.25) is 0 Å². The smallest absolute Gasteiger partial charge is 0.254 e. The molecule has 1 aliphatic rings. The number of aryl methyl sites for hydroxylation is 1. The van der Waals surface area contributed by atoms with Gasteiger partial charge in [-0.1, -0.05) is 24.8 Å². The van der Waals surface area contributed by atoms with E-state index in [0.717, 1.165) is 30.5 Å². The summed E-state index contributed by atoms with van der Waals surface area (Å²) in [7, 11) is 0. The number of carbonyl (C=O) groups is 1. The number of aliphatic hydroxyl groups excluding tert-OH is 1. The Hall–Kier alpha value is -1.79. The van der Waals surface area contributed by atoms with Gasteiger partial charge in [-0.05, 0) is 50.3 Å². The summed E-state index contributed by atoms with van der Waals surface area (Å²) in [5.41, 5.74) is 2.52. The van der Waals surface area contributed by atoms with E-state index in [1.54, 1.807) is 0 Å². The van der Waals surface area contributed by atoms with E-state index in [1.165, 1.54) is 0 Å². The maximum atomic E-state index is 12.7. The van der Waals surface area contributed by atoms with Crippen molar-refractivity contribution < 1.29 is 9.90 Å². The molecule has 1 aromatic carbocycles. The van der Waals surface area contributed by atoms with E-state index in [4.69, 9.17) is 5.11 Å². The Bertz CT molecular complexity index is 583. The lowest BCUT2D eigenvalue weighted by molar-refractivity contribution is 0.0588. The van der Waals surface area contributed by atoms with Crippen LogP contribution in [0.3, 0.4) is 0 Å². The summed E-state index contributed by atoms with van der Waals surface area (Å²) in [5.74, 6) is 6.33. The van der Waals surface area contributed by atoms with Gasteiger partial charge in [-0.25, -0.2) is 0 Å². The van der Waals surface area contributed by atoms with E-state index in [1.807, 2.05) is 30.0 Å². The summed E-state index contributed by atoms with van der Waals surface area (Å²) in [6.07, 6.45) is 2.13. The standard InChI is InChI=1S/C18H23NO2/c1-13-8-9-19(15(3)11-13)18(21)17-7-6-14(2)16(12-17)5-4-10-20/h6-7,12-13,15,20H,8-11H2,1-3H3. The molecule has 0 aromatic heterocycles. The quantitative estimate of drug-likeness (QED) is 0.806. The highest BCUT2D eigenvalue weighted by molar-refractivity contribution is 5.95. The number of piperidine rings is 1.